The van der Waals surface area contributed by atoms with Crippen LogP contribution in [0.4, 0.5) is 0 Å². The summed E-state index contributed by atoms with van der Waals surface area (Å²) >= 11 is 1.39. The quantitative estimate of drug-likeness (QED) is 0.909. The van der Waals surface area contributed by atoms with Crippen molar-refractivity contribution in [2.24, 2.45) is 0 Å². The molecule has 0 fully saturated rings. The lowest BCUT2D eigenvalue weighted by atomic mass is 10.0. The Morgan fingerprint density at radius 1 is 1.16 bits per heavy atom. The third kappa shape index (κ3) is 3.35. The lowest BCUT2D eigenvalue weighted by molar-refractivity contribution is 0.0698. The monoisotopic (exact) mass is 276 g/mol. The third-order valence-electron chi connectivity index (χ3n) is 2.48. The van der Waals surface area contributed by atoms with E-state index in [1.807, 2.05) is 50.4 Å². The van der Waals surface area contributed by atoms with Gasteiger partial charge in [-0.1, -0.05) is 12.1 Å². The topological polar surface area (TPSA) is 46.5 Å². The molecule has 0 saturated carbocycles. The van der Waals surface area contributed by atoms with Gasteiger partial charge in [0, 0.05) is 10.9 Å². The number of carboxylic acids is 1. The molecule has 1 heterocycles. The van der Waals surface area contributed by atoms with Crippen molar-refractivity contribution in [2.75, 3.05) is 0 Å². The van der Waals surface area contributed by atoms with Crippen LogP contribution in [-0.4, -0.2) is 16.7 Å². The van der Waals surface area contributed by atoms with Crippen molar-refractivity contribution in [3.63, 3.8) is 0 Å². The number of ether oxygens (including phenoxy) is 1. The van der Waals surface area contributed by atoms with E-state index in [9.17, 15) is 4.79 Å². The van der Waals surface area contributed by atoms with Crippen LogP contribution in [0.3, 0.4) is 0 Å². The molecule has 2 aromatic rings. The summed E-state index contributed by atoms with van der Waals surface area (Å²) in [6.07, 6.45) is 0. The molecule has 0 bridgehead atoms. The predicted octanol–water partition coefficient (Wildman–Crippen LogP) is 4.29. The van der Waals surface area contributed by atoms with E-state index in [2.05, 4.69) is 0 Å². The minimum Gasteiger partial charge on any atom is -0.488 e. The van der Waals surface area contributed by atoms with Crippen LogP contribution in [0.1, 0.15) is 31.1 Å². The molecule has 0 aliphatic heterocycles. The standard InChI is InChI=1S/C15H16O3S/c1-15(2,3)18-11-6-4-10(5-7-11)12-8-19-9-13(12)14(16)17/h4-9H,1-3H3,(H,16,17). The molecular formula is C15H16O3S. The van der Waals surface area contributed by atoms with E-state index in [-0.39, 0.29) is 5.60 Å². The van der Waals surface area contributed by atoms with Gasteiger partial charge in [0.15, 0.2) is 0 Å². The van der Waals surface area contributed by atoms with Gasteiger partial charge >= 0.3 is 5.97 Å². The average molecular weight is 276 g/mol. The van der Waals surface area contributed by atoms with Gasteiger partial charge in [-0.2, -0.15) is 11.3 Å². The van der Waals surface area contributed by atoms with Crippen LogP contribution in [0.2, 0.25) is 0 Å². The lowest BCUT2D eigenvalue weighted by Crippen LogP contribution is -2.22. The highest BCUT2D eigenvalue weighted by molar-refractivity contribution is 7.08. The summed E-state index contributed by atoms with van der Waals surface area (Å²) in [5.74, 6) is -0.116. The maximum atomic E-state index is 11.1. The predicted molar refractivity (Wildman–Crippen MR) is 77.1 cm³/mol. The molecule has 2 rings (SSSR count). The number of carbonyl (C=O) groups is 1. The van der Waals surface area contributed by atoms with Crippen LogP contribution >= 0.6 is 11.3 Å². The molecule has 0 saturated heterocycles. The lowest BCUT2D eigenvalue weighted by Gasteiger charge is -2.21. The Labute approximate surface area is 116 Å². The highest BCUT2D eigenvalue weighted by Crippen LogP contribution is 2.29. The van der Waals surface area contributed by atoms with Gasteiger partial charge in [-0.25, -0.2) is 4.79 Å². The van der Waals surface area contributed by atoms with E-state index >= 15 is 0 Å². The van der Waals surface area contributed by atoms with Crippen LogP contribution in [0.15, 0.2) is 35.0 Å². The molecule has 0 radical (unpaired) electrons. The number of thiophene rings is 1. The zero-order valence-electron chi connectivity index (χ0n) is 11.1. The molecule has 1 N–H and O–H groups in total. The summed E-state index contributed by atoms with van der Waals surface area (Å²) in [6, 6.07) is 7.50. The van der Waals surface area contributed by atoms with Crippen LogP contribution in [0, 0.1) is 0 Å². The number of benzene rings is 1. The van der Waals surface area contributed by atoms with Gasteiger partial charge in [0.25, 0.3) is 0 Å². The Morgan fingerprint density at radius 3 is 2.32 bits per heavy atom. The Morgan fingerprint density at radius 2 is 1.79 bits per heavy atom. The fourth-order valence-corrected chi connectivity index (χ4v) is 2.57. The smallest absolute Gasteiger partial charge is 0.337 e. The van der Waals surface area contributed by atoms with Gasteiger partial charge in [-0.05, 0) is 43.8 Å². The number of hydrogen-bond acceptors (Lipinski definition) is 3. The number of aromatic carboxylic acids is 1. The number of rotatable bonds is 3. The van der Waals surface area contributed by atoms with Crippen molar-refractivity contribution in [3.05, 3.63) is 40.6 Å². The van der Waals surface area contributed by atoms with Crippen LogP contribution in [0.25, 0.3) is 11.1 Å². The molecule has 0 atom stereocenters. The Balaban J connectivity index is 2.28. The maximum absolute atomic E-state index is 11.1. The highest BCUT2D eigenvalue weighted by Gasteiger charge is 2.14. The van der Waals surface area contributed by atoms with Crippen LogP contribution < -0.4 is 4.74 Å². The SMILES string of the molecule is CC(C)(C)Oc1ccc(-c2cscc2C(=O)O)cc1. The highest BCUT2D eigenvalue weighted by atomic mass is 32.1. The zero-order chi connectivity index (χ0) is 14.0. The molecule has 4 heteroatoms. The number of carboxylic acid groups (broad SMARTS) is 1. The van der Waals surface area contributed by atoms with E-state index in [4.69, 9.17) is 9.84 Å². The normalized spacial score (nSPS) is 11.3. The van der Waals surface area contributed by atoms with Crippen molar-refractivity contribution >= 4 is 17.3 Å². The van der Waals surface area contributed by atoms with Gasteiger partial charge in [-0.3, -0.25) is 0 Å². The second kappa shape index (κ2) is 5.05. The van der Waals surface area contributed by atoms with Gasteiger partial charge in [0.2, 0.25) is 0 Å². The minimum absolute atomic E-state index is 0.240. The first-order valence-corrected chi connectivity index (χ1v) is 6.90. The minimum atomic E-state index is -0.897. The molecule has 3 nitrogen and oxygen atoms in total. The molecule has 1 aromatic carbocycles. The van der Waals surface area contributed by atoms with E-state index < -0.39 is 5.97 Å². The van der Waals surface area contributed by atoms with Crippen molar-refractivity contribution < 1.29 is 14.6 Å². The maximum Gasteiger partial charge on any atom is 0.337 e. The molecule has 0 amide bonds. The summed E-state index contributed by atoms with van der Waals surface area (Å²) in [5, 5.41) is 12.6. The summed E-state index contributed by atoms with van der Waals surface area (Å²) in [7, 11) is 0. The Kier molecular flexibility index (Phi) is 3.62. The molecular weight excluding hydrogens is 260 g/mol. The molecule has 100 valence electrons. The Hall–Kier alpha value is -1.81. The van der Waals surface area contributed by atoms with E-state index in [0.717, 1.165) is 16.9 Å². The van der Waals surface area contributed by atoms with E-state index in [1.54, 1.807) is 5.38 Å². The fraction of sp³-hybridized carbons (Fsp3) is 0.267. The zero-order valence-corrected chi connectivity index (χ0v) is 12.0. The van der Waals surface area contributed by atoms with Crippen molar-refractivity contribution in [2.45, 2.75) is 26.4 Å². The summed E-state index contributed by atoms with van der Waals surface area (Å²) in [4.78, 5) is 11.1. The number of hydrogen-bond donors (Lipinski definition) is 1. The molecule has 0 unspecified atom stereocenters. The van der Waals surface area contributed by atoms with E-state index in [0.29, 0.717) is 5.56 Å². The summed E-state index contributed by atoms with van der Waals surface area (Å²) in [5.41, 5.74) is 1.74. The van der Waals surface area contributed by atoms with Crippen molar-refractivity contribution in [1.82, 2.24) is 0 Å². The summed E-state index contributed by atoms with van der Waals surface area (Å²) < 4.78 is 5.74. The first-order valence-electron chi connectivity index (χ1n) is 5.96. The molecule has 1 aromatic heterocycles. The van der Waals surface area contributed by atoms with Crippen molar-refractivity contribution in [3.8, 4) is 16.9 Å². The van der Waals surface area contributed by atoms with Gasteiger partial charge in [0.1, 0.15) is 11.4 Å². The van der Waals surface area contributed by atoms with E-state index in [1.165, 1.54) is 11.3 Å². The largest absolute Gasteiger partial charge is 0.488 e. The Bertz CT molecular complexity index is 576. The first-order chi connectivity index (χ1) is 8.87. The van der Waals surface area contributed by atoms with Gasteiger partial charge in [-0.15, -0.1) is 0 Å². The second-order valence-electron chi connectivity index (χ2n) is 5.24. The van der Waals surface area contributed by atoms with Gasteiger partial charge in [0.05, 0.1) is 5.56 Å². The fourth-order valence-electron chi connectivity index (χ4n) is 1.74. The molecule has 0 aliphatic carbocycles. The average Bonchev–Trinajstić information content (AvgIpc) is 2.76. The molecule has 0 spiro atoms. The first kappa shape index (κ1) is 13.6. The summed E-state index contributed by atoms with van der Waals surface area (Å²) in [6.45, 7) is 5.97. The molecule has 19 heavy (non-hydrogen) atoms. The third-order valence-corrected chi connectivity index (χ3v) is 3.23. The van der Waals surface area contributed by atoms with Crippen molar-refractivity contribution in [1.29, 1.82) is 0 Å². The van der Waals surface area contributed by atoms with Crippen LogP contribution in [-0.2, 0) is 0 Å². The molecule has 0 aliphatic rings. The van der Waals surface area contributed by atoms with Crippen LogP contribution in [0.5, 0.6) is 5.75 Å². The van der Waals surface area contributed by atoms with Gasteiger partial charge < -0.3 is 9.84 Å². The second-order valence-corrected chi connectivity index (χ2v) is 5.99.